The number of methoxy groups -OCH3 is 2. The predicted molar refractivity (Wildman–Crippen MR) is 277 cm³/mol. The number of ether oxygens (including phenoxy) is 2. The van der Waals surface area contributed by atoms with Gasteiger partial charge in [0.1, 0.15) is 23.7 Å². The van der Waals surface area contributed by atoms with Crippen LogP contribution in [0.2, 0.25) is 0 Å². The molecule has 4 amide bonds. The highest BCUT2D eigenvalue weighted by Crippen LogP contribution is 2.48. The maximum atomic E-state index is 14.3. The average molecular weight is 995 g/mol. The summed E-state index contributed by atoms with van der Waals surface area (Å²) in [5.74, 6) is 1.52. The van der Waals surface area contributed by atoms with E-state index >= 15 is 0 Å². The number of H-pyrrole nitrogens is 2. The zero-order valence-electron chi connectivity index (χ0n) is 42.0. The summed E-state index contributed by atoms with van der Waals surface area (Å²) in [6.45, 7) is 0. The summed E-state index contributed by atoms with van der Waals surface area (Å²) in [4.78, 5) is 74.4. The van der Waals surface area contributed by atoms with Crippen molar-refractivity contribution >= 4 is 46.1 Å². The Hall–Kier alpha value is -7.72. The summed E-state index contributed by atoms with van der Waals surface area (Å²) in [5.41, 5.74) is 13.0. The summed E-state index contributed by atoms with van der Waals surface area (Å²) in [7, 11) is 2.50. The molecule has 2 aromatic heterocycles. The summed E-state index contributed by atoms with van der Waals surface area (Å²) >= 11 is 0. The minimum atomic E-state index is -1.02. The highest BCUT2D eigenvalue weighted by atomic mass is 16.5. The molecular weight excluding hydrogens is 933 g/mol. The molecule has 4 N–H and O–H groups in total. The number of aromatic amines is 2. The average Bonchev–Trinajstić information content (AvgIpc) is 4.23. The van der Waals surface area contributed by atoms with Gasteiger partial charge in [0, 0.05) is 12.1 Å². The van der Waals surface area contributed by atoms with Crippen molar-refractivity contribution in [3.8, 4) is 34.4 Å². The van der Waals surface area contributed by atoms with Crippen molar-refractivity contribution < 1.29 is 28.7 Å². The summed E-state index contributed by atoms with van der Waals surface area (Å²) in [5, 5.41) is 24.5. The lowest BCUT2D eigenvalue weighted by Crippen LogP contribution is -2.51. The number of likely N-dealkylation sites (tertiary alicyclic amines) is 2. The number of benzene rings is 4. The first kappa shape index (κ1) is 48.5. The largest absolute Gasteiger partial charge is 0.453 e. The van der Waals surface area contributed by atoms with Crippen LogP contribution in [0.4, 0.5) is 9.59 Å². The van der Waals surface area contributed by atoms with Crippen molar-refractivity contribution in [1.82, 2.24) is 40.4 Å². The van der Waals surface area contributed by atoms with E-state index in [0.29, 0.717) is 11.8 Å². The van der Waals surface area contributed by atoms with Gasteiger partial charge in [0.15, 0.2) is 0 Å². The van der Waals surface area contributed by atoms with Crippen LogP contribution in [-0.2, 0) is 44.7 Å². The molecule has 6 aliphatic carbocycles. The highest BCUT2D eigenvalue weighted by molar-refractivity contribution is 5.89. The molecule has 8 atom stereocenters. The molecule has 2 saturated heterocycles. The number of rotatable bonds is 10. The Balaban J connectivity index is 0.847. The van der Waals surface area contributed by atoms with E-state index in [1.165, 1.54) is 47.6 Å². The minimum Gasteiger partial charge on any atom is -0.453 e. The highest BCUT2D eigenvalue weighted by Gasteiger charge is 2.49. The van der Waals surface area contributed by atoms with Crippen molar-refractivity contribution in [2.75, 3.05) is 14.2 Å². The van der Waals surface area contributed by atoms with E-state index in [1.54, 1.807) is 0 Å². The number of carbonyl (C=O) groups is 4. The Morgan fingerprint density at radius 2 is 1.04 bits per heavy atom. The Morgan fingerprint density at radius 3 is 1.46 bits per heavy atom. The lowest BCUT2D eigenvalue weighted by Gasteiger charge is -2.35. The van der Waals surface area contributed by atoms with Crippen molar-refractivity contribution in [3.63, 3.8) is 0 Å². The number of aryl methyl sites for hydroxylation is 4. The fourth-order valence-electron chi connectivity index (χ4n) is 13.2. The fourth-order valence-corrected chi connectivity index (χ4v) is 13.2. The van der Waals surface area contributed by atoms with Crippen LogP contribution in [0.15, 0.2) is 72.8 Å². The number of nitrogens with one attached hydrogen (secondary N) is 4. The molecule has 4 heterocycles. The van der Waals surface area contributed by atoms with E-state index in [0.717, 1.165) is 135 Å². The van der Waals surface area contributed by atoms with Gasteiger partial charge < -0.3 is 39.9 Å². The second-order valence-electron chi connectivity index (χ2n) is 21.0. The lowest BCUT2D eigenvalue weighted by atomic mass is 9.84. The van der Waals surface area contributed by atoms with Crippen LogP contribution in [0, 0.1) is 34.5 Å². The number of carbonyl (C=O) groups excluding carboxylic acids is 4. The van der Waals surface area contributed by atoms with Gasteiger partial charge in [-0.15, -0.1) is 0 Å². The Kier molecular flexibility index (Phi) is 13.5. The summed E-state index contributed by atoms with van der Waals surface area (Å²) < 4.78 is 9.63. The van der Waals surface area contributed by atoms with Gasteiger partial charge in [0.05, 0.1) is 73.4 Å². The maximum Gasteiger partial charge on any atom is 0.407 e. The molecule has 2 saturated carbocycles. The molecule has 4 bridgehead atoms. The molecule has 4 aromatic carbocycles. The summed E-state index contributed by atoms with van der Waals surface area (Å²) in [6.07, 6.45) is 11.1. The number of nitriles is 2. The zero-order valence-corrected chi connectivity index (χ0v) is 42.0. The molecule has 6 aromatic rings. The van der Waals surface area contributed by atoms with E-state index in [2.05, 4.69) is 106 Å². The SMILES string of the molecule is COC(=O)N[C@@H](CC#N)C(=O)N1[C@H](c2nc3ccc(-c4cc5ccc4CCc4ccc(c(-c6ccc7nc([C@@H]8C[C@@H]9CCCC[C@@H]9N8C(=O)[C@H](CC#N)NC(=O)OC)[nH]c7c6)c4)CC5)cc3[nH]2)C[C@@H]2CCCC[C@@H]21. The second-order valence-corrected chi connectivity index (χ2v) is 21.0. The van der Waals surface area contributed by atoms with E-state index in [1.807, 2.05) is 9.80 Å². The number of hydrogen-bond donors (Lipinski definition) is 4. The van der Waals surface area contributed by atoms with Gasteiger partial charge >= 0.3 is 12.2 Å². The van der Waals surface area contributed by atoms with E-state index < -0.39 is 24.3 Å². The van der Waals surface area contributed by atoms with Gasteiger partial charge in [-0.05, 0) is 145 Å². The molecule has 380 valence electrons. The molecule has 16 nitrogen and oxygen atoms in total. The molecule has 0 radical (unpaired) electrons. The van der Waals surface area contributed by atoms with E-state index in [9.17, 15) is 29.7 Å². The molecule has 8 aliphatic rings. The normalized spacial score (nSPS) is 22.9. The van der Waals surface area contributed by atoms with Crippen LogP contribution in [0.1, 0.15) is 123 Å². The lowest BCUT2D eigenvalue weighted by molar-refractivity contribution is -0.138. The first-order valence-electron chi connectivity index (χ1n) is 26.4. The van der Waals surface area contributed by atoms with Gasteiger partial charge in [-0.2, -0.15) is 10.5 Å². The zero-order chi connectivity index (χ0) is 51.0. The second kappa shape index (κ2) is 20.7. The van der Waals surface area contributed by atoms with Crippen molar-refractivity contribution in [1.29, 1.82) is 10.5 Å². The molecule has 4 fully saturated rings. The molecule has 74 heavy (non-hydrogen) atoms. The monoisotopic (exact) mass is 994 g/mol. The third-order valence-electron chi connectivity index (χ3n) is 16.8. The number of nitrogens with zero attached hydrogens (tertiary/aromatic N) is 6. The van der Waals surface area contributed by atoms with Crippen molar-refractivity contribution in [2.24, 2.45) is 11.8 Å². The van der Waals surface area contributed by atoms with Crippen molar-refractivity contribution in [2.45, 2.75) is 139 Å². The fraction of sp³-hybridized carbons (Fsp3) is 0.448. The Labute approximate surface area is 430 Å². The summed E-state index contributed by atoms with van der Waals surface area (Å²) in [6, 6.07) is 28.1. The standard InChI is InChI=1S/C58H62N10O6/c1-73-57(71)65-45(23-25-59)55(69)67-49-9-5-3-7-39(49)31-51(67)53-61-43-21-19-37(29-47(43)63-53)41-27-33-11-15-35(41)17-13-34-12-16-36(18-14-33)42(28-34)38-20-22-44-48(30-38)64-54(62-44)52-32-40-8-4-6-10-50(40)68(52)56(70)46(24-26-60)66-58(72)74-2/h11-12,15-16,19-22,27-30,39-40,45-46,49-52H,3-10,13-14,17-18,23-24,31-32H2,1-2H3,(H,61,63)(H,62,64)(H,65,71)(H,66,72)/t39-,40-,45-,46-,49-,50-,51-,52-/m0/s1. The van der Waals surface area contributed by atoms with Crippen LogP contribution in [0.25, 0.3) is 44.3 Å². The van der Waals surface area contributed by atoms with Gasteiger partial charge in [0.25, 0.3) is 0 Å². The van der Waals surface area contributed by atoms with Crippen LogP contribution < -0.4 is 10.6 Å². The number of aromatic nitrogens is 4. The molecule has 14 rings (SSSR count). The predicted octanol–water partition coefficient (Wildman–Crippen LogP) is 9.60. The van der Waals surface area contributed by atoms with Crippen LogP contribution in [0.5, 0.6) is 0 Å². The first-order chi connectivity index (χ1) is 36.1. The van der Waals surface area contributed by atoms with Gasteiger partial charge in [-0.1, -0.05) is 74.2 Å². The maximum absolute atomic E-state index is 14.3. The smallest absolute Gasteiger partial charge is 0.407 e. The topological polar surface area (TPSA) is 222 Å². The van der Waals surface area contributed by atoms with Gasteiger partial charge in [-0.3, -0.25) is 9.59 Å². The van der Waals surface area contributed by atoms with Gasteiger partial charge in [0.2, 0.25) is 11.8 Å². The van der Waals surface area contributed by atoms with E-state index in [4.69, 9.17) is 19.4 Å². The Morgan fingerprint density at radius 1 is 0.608 bits per heavy atom. The minimum absolute atomic E-state index is 0.0114. The quantitative estimate of drug-likeness (QED) is 0.102. The third kappa shape index (κ3) is 9.31. The number of fused-ring (bicyclic) bond motifs is 4. The molecule has 2 aliphatic heterocycles. The molecule has 0 unspecified atom stereocenters. The number of amides is 4. The van der Waals surface area contributed by atoms with Crippen LogP contribution in [-0.4, -0.2) is 92.1 Å². The molecular formula is C58H62N10O6. The number of imidazole rings is 2. The van der Waals surface area contributed by atoms with Crippen LogP contribution in [0.3, 0.4) is 0 Å². The first-order valence-corrected chi connectivity index (χ1v) is 26.4. The van der Waals surface area contributed by atoms with Crippen LogP contribution >= 0.6 is 0 Å². The number of alkyl carbamates (subject to hydrolysis) is 2. The molecule has 0 spiro atoms. The molecule has 16 heteroatoms. The third-order valence-corrected chi connectivity index (χ3v) is 16.8. The number of hydrogen-bond acceptors (Lipinski definition) is 10. The van der Waals surface area contributed by atoms with E-state index in [-0.39, 0.29) is 48.8 Å². The van der Waals surface area contributed by atoms with Gasteiger partial charge in [-0.25, -0.2) is 19.6 Å². The Bertz CT molecular complexity index is 3030. The van der Waals surface area contributed by atoms with Crippen molar-refractivity contribution in [3.05, 3.63) is 107 Å².